The molecule has 0 radical (unpaired) electrons. The Morgan fingerprint density at radius 3 is 2.52 bits per heavy atom. The summed E-state index contributed by atoms with van der Waals surface area (Å²) in [6.07, 6.45) is 0.962. The molecule has 0 fully saturated rings. The van der Waals surface area contributed by atoms with E-state index in [-0.39, 0.29) is 5.69 Å². The van der Waals surface area contributed by atoms with E-state index >= 15 is 0 Å². The summed E-state index contributed by atoms with van der Waals surface area (Å²) in [6, 6.07) is 13.0. The van der Waals surface area contributed by atoms with Crippen molar-refractivity contribution in [3.05, 3.63) is 60.2 Å². The highest BCUT2D eigenvalue weighted by molar-refractivity contribution is 7.99. The summed E-state index contributed by atoms with van der Waals surface area (Å²) < 4.78 is 29.2. The van der Waals surface area contributed by atoms with Gasteiger partial charge in [0.1, 0.15) is 11.6 Å². The van der Waals surface area contributed by atoms with E-state index in [0.29, 0.717) is 11.0 Å². The van der Waals surface area contributed by atoms with Gasteiger partial charge in [0.2, 0.25) is 0 Å². The van der Waals surface area contributed by atoms with Crippen LogP contribution in [0.3, 0.4) is 0 Å². The first kappa shape index (κ1) is 15.7. The summed E-state index contributed by atoms with van der Waals surface area (Å²) in [5.41, 5.74) is 1.07. The number of nitrogens with zero attached hydrogens (tertiary/aromatic N) is 3. The third-order valence-electron chi connectivity index (χ3n) is 3.25. The molecule has 3 rings (SSSR count). The van der Waals surface area contributed by atoms with Crippen LogP contribution >= 0.6 is 11.8 Å². The molecule has 6 heteroatoms. The number of halogens is 2. The van der Waals surface area contributed by atoms with E-state index in [0.717, 1.165) is 23.8 Å². The Morgan fingerprint density at radius 2 is 1.83 bits per heavy atom. The van der Waals surface area contributed by atoms with Crippen LogP contribution in [0.1, 0.15) is 13.3 Å². The molecule has 0 aliphatic rings. The van der Waals surface area contributed by atoms with Gasteiger partial charge in [-0.05, 0) is 18.6 Å². The molecule has 3 nitrogen and oxygen atoms in total. The van der Waals surface area contributed by atoms with Crippen molar-refractivity contribution >= 4 is 11.8 Å². The van der Waals surface area contributed by atoms with Crippen LogP contribution < -0.4 is 0 Å². The summed E-state index contributed by atoms with van der Waals surface area (Å²) in [5, 5.41) is 8.99. The van der Waals surface area contributed by atoms with Crippen LogP contribution in [0.2, 0.25) is 0 Å². The van der Waals surface area contributed by atoms with Crippen molar-refractivity contribution in [1.82, 2.24) is 14.8 Å². The topological polar surface area (TPSA) is 30.7 Å². The molecule has 0 amide bonds. The second kappa shape index (κ2) is 6.91. The Kier molecular flexibility index (Phi) is 4.71. The predicted octanol–water partition coefficient (Wildman–Crippen LogP) is 4.71. The highest BCUT2D eigenvalue weighted by atomic mass is 32.2. The van der Waals surface area contributed by atoms with E-state index in [4.69, 9.17) is 0 Å². The zero-order valence-corrected chi connectivity index (χ0v) is 13.4. The molecule has 1 aromatic heterocycles. The Labute approximate surface area is 137 Å². The van der Waals surface area contributed by atoms with Crippen molar-refractivity contribution < 1.29 is 8.78 Å². The van der Waals surface area contributed by atoms with Gasteiger partial charge in [-0.25, -0.2) is 8.78 Å². The first-order chi connectivity index (χ1) is 11.2. The van der Waals surface area contributed by atoms with E-state index in [2.05, 4.69) is 17.1 Å². The number of benzene rings is 2. The standard InChI is InChI=1S/C17H15F2N3S/c1-2-10-23-17-21-20-16(12-6-4-3-5-7-12)22(17)15-9-8-13(18)11-14(15)19/h3-9,11H,2,10H2,1H3. The van der Waals surface area contributed by atoms with Crippen LogP contribution in [0.5, 0.6) is 0 Å². The molecule has 0 aliphatic heterocycles. The molecule has 0 atom stereocenters. The van der Waals surface area contributed by atoms with Gasteiger partial charge in [0.25, 0.3) is 0 Å². The van der Waals surface area contributed by atoms with Crippen LogP contribution in [0, 0.1) is 11.6 Å². The van der Waals surface area contributed by atoms with Gasteiger partial charge in [-0.2, -0.15) is 0 Å². The van der Waals surface area contributed by atoms with Crippen molar-refractivity contribution in [2.75, 3.05) is 5.75 Å². The lowest BCUT2D eigenvalue weighted by molar-refractivity contribution is 0.575. The average Bonchev–Trinajstić information content (AvgIpc) is 2.97. The molecule has 0 bridgehead atoms. The van der Waals surface area contributed by atoms with Gasteiger partial charge in [-0.15, -0.1) is 10.2 Å². The minimum Gasteiger partial charge on any atom is -0.267 e. The van der Waals surface area contributed by atoms with Crippen LogP contribution in [-0.2, 0) is 0 Å². The zero-order chi connectivity index (χ0) is 16.2. The van der Waals surface area contributed by atoms with Crippen molar-refractivity contribution in [2.45, 2.75) is 18.5 Å². The third-order valence-corrected chi connectivity index (χ3v) is 4.39. The number of thioether (sulfide) groups is 1. The fourth-order valence-electron chi connectivity index (χ4n) is 2.21. The minimum absolute atomic E-state index is 0.244. The van der Waals surface area contributed by atoms with Gasteiger partial charge in [-0.3, -0.25) is 4.57 Å². The van der Waals surface area contributed by atoms with Crippen LogP contribution in [0.4, 0.5) is 8.78 Å². The maximum absolute atomic E-state index is 14.3. The molecule has 118 valence electrons. The molecule has 23 heavy (non-hydrogen) atoms. The van der Waals surface area contributed by atoms with E-state index in [1.165, 1.54) is 23.9 Å². The normalized spacial score (nSPS) is 10.9. The lowest BCUT2D eigenvalue weighted by Gasteiger charge is -2.11. The molecule has 1 heterocycles. The first-order valence-electron chi connectivity index (χ1n) is 7.29. The van der Waals surface area contributed by atoms with E-state index in [9.17, 15) is 8.78 Å². The van der Waals surface area contributed by atoms with Crippen LogP contribution in [0.15, 0.2) is 53.7 Å². The smallest absolute Gasteiger partial charge is 0.196 e. The summed E-state index contributed by atoms with van der Waals surface area (Å²) in [5.74, 6) is 0.133. The molecule has 0 spiro atoms. The molecule has 2 aromatic carbocycles. The number of hydrogen-bond donors (Lipinski definition) is 0. The summed E-state index contributed by atoms with van der Waals surface area (Å²) in [4.78, 5) is 0. The number of hydrogen-bond acceptors (Lipinski definition) is 3. The first-order valence-corrected chi connectivity index (χ1v) is 8.28. The zero-order valence-electron chi connectivity index (χ0n) is 12.5. The van der Waals surface area contributed by atoms with Gasteiger partial charge >= 0.3 is 0 Å². The van der Waals surface area contributed by atoms with E-state index in [1.54, 1.807) is 4.57 Å². The molecule has 0 N–H and O–H groups in total. The van der Waals surface area contributed by atoms with Crippen LogP contribution in [0.25, 0.3) is 17.1 Å². The van der Waals surface area contributed by atoms with Crippen molar-refractivity contribution in [2.24, 2.45) is 0 Å². The molecular formula is C17H15F2N3S. The Bertz CT molecular complexity index is 803. The fourth-order valence-corrected chi connectivity index (χ4v) is 3.01. The van der Waals surface area contributed by atoms with Gasteiger partial charge in [-0.1, -0.05) is 49.0 Å². The second-order valence-corrected chi connectivity index (χ2v) is 6.01. The summed E-state index contributed by atoms with van der Waals surface area (Å²) >= 11 is 1.50. The molecule has 0 aliphatic carbocycles. The molecule has 0 saturated heterocycles. The van der Waals surface area contributed by atoms with Gasteiger partial charge in [0, 0.05) is 17.4 Å². The molecule has 0 unspecified atom stereocenters. The largest absolute Gasteiger partial charge is 0.267 e. The Morgan fingerprint density at radius 1 is 1.04 bits per heavy atom. The highest BCUT2D eigenvalue weighted by Crippen LogP contribution is 2.29. The lowest BCUT2D eigenvalue weighted by Crippen LogP contribution is -2.03. The molecular weight excluding hydrogens is 316 g/mol. The third kappa shape index (κ3) is 3.27. The van der Waals surface area contributed by atoms with Crippen molar-refractivity contribution in [3.63, 3.8) is 0 Å². The van der Waals surface area contributed by atoms with Crippen molar-refractivity contribution in [1.29, 1.82) is 0 Å². The SMILES string of the molecule is CCCSc1nnc(-c2ccccc2)n1-c1ccc(F)cc1F. The van der Waals surface area contributed by atoms with Gasteiger partial charge in [0.05, 0.1) is 5.69 Å². The predicted molar refractivity (Wildman–Crippen MR) is 87.7 cm³/mol. The number of rotatable bonds is 5. The monoisotopic (exact) mass is 331 g/mol. The summed E-state index contributed by atoms with van der Waals surface area (Å²) in [7, 11) is 0. The second-order valence-electron chi connectivity index (χ2n) is 4.95. The highest BCUT2D eigenvalue weighted by Gasteiger charge is 2.18. The maximum atomic E-state index is 14.3. The lowest BCUT2D eigenvalue weighted by atomic mass is 10.2. The quantitative estimate of drug-likeness (QED) is 0.634. The van der Waals surface area contributed by atoms with E-state index < -0.39 is 11.6 Å². The average molecular weight is 331 g/mol. The molecule has 0 saturated carbocycles. The number of aromatic nitrogens is 3. The van der Waals surface area contributed by atoms with Crippen molar-refractivity contribution in [3.8, 4) is 17.1 Å². The Balaban J connectivity index is 2.17. The fraction of sp³-hybridized carbons (Fsp3) is 0.176. The maximum Gasteiger partial charge on any atom is 0.196 e. The van der Waals surface area contributed by atoms with Gasteiger partial charge < -0.3 is 0 Å². The minimum atomic E-state index is -0.639. The van der Waals surface area contributed by atoms with Crippen LogP contribution in [-0.4, -0.2) is 20.5 Å². The van der Waals surface area contributed by atoms with Gasteiger partial charge in [0.15, 0.2) is 11.0 Å². The Hall–Kier alpha value is -2.21. The van der Waals surface area contributed by atoms with E-state index in [1.807, 2.05) is 30.3 Å². The molecule has 3 aromatic rings. The summed E-state index contributed by atoms with van der Waals surface area (Å²) in [6.45, 7) is 2.06.